The normalized spacial score (nSPS) is 44.5. The molecular weight excluding hydrogens is 336 g/mol. The molecule has 28 heavy (non-hydrogen) atoms. The maximum atomic E-state index is 2.76. The number of rotatable bonds is 5. The molecular formula is C28H46. The Labute approximate surface area is 175 Å². The van der Waals surface area contributed by atoms with Crippen LogP contribution in [-0.4, -0.2) is 0 Å². The van der Waals surface area contributed by atoms with Gasteiger partial charge in [0.15, 0.2) is 0 Å². The molecule has 0 spiro atoms. The second-order valence-electron chi connectivity index (χ2n) is 12.2. The molecule has 0 amide bonds. The molecule has 0 aromatic rings. The highest BCUT2D eigenvalue weighted by molar-refractivity contribution is 5.28. The zero-order chi connectivity index (χ0) is 20.1. The van der Waals surface area contributed by atoms with Crippen LogP contribution in [0.25, 0.3) is 0 Å². The predicted octanol–water partition coefficient (Wildman–Crippen LogP) is 8.44. The molecule has 0 radical (unpaired) electrons. The van der Waals surface area contributed by atoms with Gasteiger partial charge in [-0.05, 0) is 97.2 Å². The summed E-state index contributed by atoms with van der Waals surface area (Å²) < 4.78 is 0. The van der Waals surface area contributed by atoms with Crippen molar-refractivity contribution < 1.29 is 0 Å². The van der Waals surface area contributed by atoms with Crippen LogP contribution in [0.15, 0.2) is 23.8 Å². The molecule has 0 aromatic heterocycles. The molecule has 158 valence electrons. The lowest BCUT2D eigenvalue weighted by atomic mass is 9.48. The molecule has 0 nitrogen and oxygen atoms in total. The zero-order valence-electron chi connectivity index (χ0n) is 19.6. The topological polar surface area (TPSA) is 0 Å². The fraction of sp³-hybridized carbons (Fsp3) is 0.857. The minimum absolute atomic E-state index is 0.552. The average molecular weight is 383 g/mol. The van der Waals surface area contributed by atoms with E-state index in [9.17, 15) is 0 Å². The van der Waals surface area contributed by atoms with Crippen LogP contribution in [0.5, 0.6) is 0 Å². The van der Waals surface area contributed by atoms with Gasteiger partial charge >= 0.3 is 0 Å². The van der Waals surface area contributed by atoms with E-state index in [0.29, 0.717) is 10.8 Å². The quantitative estimate of drug-likeness (QED) is 0.418. The fourth-order valence-corrected chi connectivity index (χ4v) is 8.13. The van der Waals surface area contributed by atoms with E-state index in [0.717, 1.165) is 41.4 Å². The van der Waals surface area contributed by atoms with Crippen molar-refractivity contribution in [3.05, 3.63) is 23.8 Å². The third kappa shape index (κ3) is 3.26. The van der Waals surface area contributed by atoms with Crippen LogP contribution in [0.1, 0.15) is 99.3 Å². The number of hydrogen-bond acceptors (Lipinski definition) is 0. The van der Waals surface area contributed by atoms with Crippen LogP contribution in [0.3, 0.4) is 0 Å². The van der Waals surface area contributed by atoms with Crippen LogP contribution in [0.2, 0.25) is 0 Å². The summed E-state index contributed by atoms with van der Waals surface area (Å²) in [6.45, 7) is 15.2. The summed E-state index contributed by atoms with van der Waals surface area (Å²) in [5, 5.41) is 0. The monoisotopic (exact) mass is 382 g/mol. The molecule has 2 saturated carbocycles. The standard InChI is InChI=1S/C28H46/c1-19(2)20(3)10-11-21(4)24-14-15-25-23-13-12-22-9-7-8-17-27(22,5)26(23)16-18-28(24,25)6/h7-8,13,19-22,24-26H,9-12,14-18H2,1-6H3/t20-,21+,22+,24-,25+,26-,27+,28+/m0/s1. The Bertz CT molecular complexity index is 624. The largest absolute Gasteiger partial charge is 0.0882 e. The first-order valence-electron chi connectivity index (χ1n) is 12.6. The molecule has 0 aliphatic heterocycles. The highest BCUT2D eigenvalue weighted by Gasteiger charge is 2.57. The van der Waals surface area contributed by atoms with Gasteiger partial charge in [0.2, 0.25) is 0 Å². The first-order chi connectivity index (χ1) is 13.3. The van der Waals surface area contributed by atoms with Crippen molar-refractivity contribution in [1.29, 1.82) is 0 Å². The molecule has 2 fully saturated rings. The van der Waals surface area contributed by atoms with Gasteiger partial charge in [-0.2, -0.15) is 0 Å². The van der Waals surface area contributed by atoms with Crippen molar-refractivity contribution in [2.45, 2.75) is 99.3 Å². The van der Waals surface area contributed by atoms with E-state index < -0.39 is 0 Å². The first-order valence-corrected chi connectivity index (χ1v) is 12.6. The van der Waals surface area contributed by atoms with E-state index in [1.165, 1.54) is 57.8 Å². The van der Waals surface area contributed by atoms with Crippen molar-refractivity contribution in [2.24, 2.45) is 52.3 Å². The van der Waals surface area contributed by atoms with Gasteiger partial charge in [0.05, 0.1) is 0 Å². The van der Waals surface area contributed by atoms with Crippen LogP contribution in [0.4, 0.5) is 0 Å². The van der Waals surface area contributed by atoms with E-state index in [1.807, 2.05) is 5.57 Å². The van der Waals surface area contributed by atoms with Gasteiger partial charge in [-0.15, -0.1) is 0 Å². The Morgan fingerprint density at radius 1 is 0.893 bits per heavy atom. The number of allylic oxidation sites excluding steroid dienone is 4. The first kappa shape index (κ1) is 20.7. The molecule has 0 heterocycles. The van der Waals surface area contributed by atoms with Gasteiger partial charge in [-0.25, -0.2) is 0 Å². The summed E-state index contributed by atoms with van der Waals surface area (Å²) in [7, 11) is 0. The predicted molar refractivity (Wildman–Crippen MR) is 122 cm³/mol. The Hall–Kier alpha value is -0.520. The number of fused-ring (bicyclic) bond motifs is 5. The smallest absolute Gasteiger partial charge is 0.0140 e. The second-order valence-corrected chi connectivity index (χ2v) is 12.2. The summed E-state index contributed by atoms with van der Waals surface area (Å²) in [5.74, 6) is 6.24. The van der Waals surface area contributed by atoms with Gasteiger partial charge in [-0.3, -0.25) is 0 Å². The van der Waals surface area contributed by atoms with Crippen LogP contribution in [-0.2, 0) is 0 Å². The van der Waals surface area contributed by atoms with Gasteiger partial charge in [0.1, 0.15) is 0 Å². The van der Waals surface area contributed by atoms with E-state index >= 15 is 0 Å². The van der Waals surface area contributed by atoms with Crippen LogP contribution < -0.4 is 0 Å². The van der Waals surface area contributed by atoms with Crippen molar-refractivity contribution >= 4 is 0 Å². The van der Waals surface area contributed by atoms with Gasteiger partial charge in [0.25, 0.3) is 0 Å². The van der Waals surface area contributed by atoms with E-state index in [2.05, 4.69) is 59.8 Å². The Kier molecular flexibility index (Phi) is 5.65. The van der Waals surface area contributed by atoms with E-state index in [1.54, 1.807) is 0 Å². The van der Waals surface area contributed by atoms with Crippen molar-refractivity contribution in [3.63, 3.8) is 0 Å². The molecule has 4 rings (SSSR count). The molecule has 0 bridgehead atoms. The highest BCUT2D eigenvalue weighted by atomic mass is 14.6. The second kappa shape index (κ2) is 7.63. The third-order valence-corrected chi connectivity index (χ3v) is 10.6. The summed E-state index contributed by atoms with van der Waals surface area (Å²) in [6, 6.07) is 0. The van der Waals surface area contributed by atoms with E-state index in [-0.39, 0.29) is 0 Å². The van der Waals surface area contributed by atoms with Gasteiger partial charge in [-0.1, -0.05) is 78.2 Å². The lowest BCUT2D eigenvalue weighted by Gasteiger charge is -2.56. The molecule has 4 aliphatic rings. The number of hydrogen-bond donors (Lipinski definition) is 0. The average Bonchev–Trinajstić information content (AvgIpc) is 3.02. The van der Waals surface area contributed by atoms with Crippen LogP contribution in [0, 0.1) is 52.3 Å². The molecule has 0 saturated heterocycles. The van der Waals surface area contributed by atoms with Gasteiger partial charge in [0, 0.05) is 0 Å². The molecule has 0 aromatic carbocycles. The van der Waals surface area contributed by atoms with Crippen molar-refractivity contribution in [3.8, 4) is 0 Å². The summed E-state index contributed by atoms with van der Waals surface area (Å²) >= 11 is 0. The highest BCUT2D eigenvalue weighted by Crippen LogP contribution is 2.66. The Balaban J connectivity index is 1.50. The van der Waals surface area contributed by atoms with Gasteiger partial charge < -0.3 is 0 Å². The Morgan fingerprint density at radius 2 is 1.64 bits per heavy atom. The SMILES string of the molecule is CC(C)[C@@H](C)CC[C@@H](C)[C@@H]1CC[C@@H]2C3=CC[C@H]4CC=CC[C@@]4(C)[C@H]3CC[C@@]21C. The van der Waals surface area contributed by atoms with E-state index in [4.69, 9.17) is 0 Å². The lowest BCUT2D eigenvalue weighted by Crippen LogP contribution is -2.47. The Morgan fingerprint density at radius 3 is 2.39 bits per heavy atom. The lowest BCUT2D eigenvalue weighted by molar-refractivity contribution is 0.0118. The minimum atomic E-state index is 0.552. The maximum Gasteiger partial charge on any atom is -0.0140 e. The minimum Gasteiger partial charge on any atom is -0.0882 e. The fourth-order valence-electron chi connectivity index (χ4n) is 8.13. The molecule has 8 atom stereocenters. The zero-order valence-corrected chi connectivity index (χ0v) is 19.6. The summed E-state index contributed by atoms with van der Waals surface area (Å²) in [5.41, 5.74) is 3.06. The molecule has 0 heteroatoms. The maximum absolute atomic E-state index is 2.76. The van der Waals surface area contributed by atoms with Crippen LogP contribution >= 0.6 is 0 Å². The van der Waals surface area contributed by atoms with Crippen molar-refractivity contribution in [2.75, 3.05) is 0 Å². The summed E-state index contributed by atoms with van der Waals surface area (Å²) in [4.78, 5) is 0. The molecule has 0 N–H and O–H groups in total. The third-order valence-electron chi connectivity index (χ3n) is 10.6. The van der Waals surface area contributed by atoms with Crippen molar-refractivity contribution in [1.82, 2.24) is 0 Å². The molecule has 0 unspecified atom stereocenters. The summed E-state index contributed by atoms with van der Waals surface area (Å²) in [6.07, 6.45) is 20.5. The molecule has 4 aliphatic carbocycles.